The van der Waals surface area contributed by atoms with E-state index in [4.69, 9.17) is 0 Å². The van der Waals surface area contributed by atoms with Crippen molar-refractivity contribution in [1.29, 1.82) is 0 Å². The normalized spacial score (nSPS) is 20.0. The van der Waals surface area contributed by atoms with Gasteiger partial charge in [-0.15, -0.1) is 0 Å². The highest BCUT2D eigenvalue weighted by Crippen LogP contribution is 2.42. The molecule has 2 heterocycles. The number of benzene rings is 1. The van der Waals surface area contributed by atoms with E-state index in [1.165, 1.54) is 17.7 Å². The Bertz CT molecular complexity index is 764. The molecule has 27 heavy (non-hydrogen) atoms. The number of aromatic nitrogens is 1. The van der Waals surface area contributed by atoms with Crippen LogP contribution in [0, 0.1) is 5.82 Å². The van der Waals surface area contributed by atoms with Gasteiger partial charge in [0.05, 0.1) is 5.41 Å². The van der Waals surface area contributed by atoms with E-state index in [0.29, 0.717) is 0 Å². The lowest BCUT2D eigenvalue weighted by atomic mass is 9.77. The average molecular weight is 367 g/mol. The number of halogens is 1. The minimum Gasteiger partial charge on any atom is -0.339 e. The predicted octanol–water partition coefficient (Wildman–Crippen LogP) is 3.38. The Morgan fingerprint density at radius 1 is 1.04 bits per heavy atom. The number of carbonyl (C=O) groups is 1. The van der Waals surface area contributed by atoms with Gasteiger partial charge in [0, 0.05) is 45.1 Å². The molecule has 1 amide bonds. The first-order valence-electron chi connectivity index (χ1n) is 9.84. The largest absolute Gasteiger partial charge is 0.339 e. The molecule has 2 aliphatic rings. The summed E-state index contributed by atoms with van der Waals surface area (Å²) >= 11 is 0. The molecule has 1 saturated carbocycles. The number of amides is 1. The van der Waals surface area contributed by atoms with E-state index in [2.05, 4.69) is 16.0 Å². The highest BCUT2D eigenvalue weighted by molar-refractivity contribution is 5.88. The number of carbonyl (C=O) groups excluding carboxylic acids is 1. The Morgan fingerprint density at radius 2 is 1.74 bits per heavy atom. The van der Waals surface area contributed by atoms with Crippen molar-refractivity contribution >= 4 is 5.91 Å². The van der Waals surface area contributed by atoms with Crippen LogP contribution in [0.4, 0.5) is 4.39 Å². The van der Waals surface area contributed by atoms with Crippen molar-refractivity contribution < 1.29 is 9.18 Å². The van der Waals surface area contributed by atoms with Gasteiger partial charge in [0.2, 0.25) is 5.91 Å². The molecule has 5 heteroatoms. The second-order valence-corrected chi connectivity index (χ2v) is 7.73. The van der Waals surface area contributed by atoms with Gasteiger partial charge in [-0.1, -0.05) is 31.0 Å². The molecule has 0 bridgehead atoms. The maximum absolute atomic E-state index is 13.5. The van der Waals surface area contributed by atoms with E-state index in [1.54, 1.807) is 18.3 Å². The van der Waals surface area contributed by atoms with Crippen LogP contribution in [0.25, 0.3) is 0 Å². The third-order valence-electron chi connectivity index (χ3n) is 6.05. The quantitative estimate of drug-likeness (QED) is 0.831. The van der Waals surface area contributed by atoms with E-state index < -0.39 is 5.41 Å². The number of hydrogen-bond acceptors (Lipinski definition) is 3. The standard InChI is InChI=1S/C22H26FN3O/c23-20-7-5-19(6-8-20)22(9-1-2-10-22)21(27)26-14-12-25(13-15-26)17-18-4-3-11-24-16-18/h3-8,11,16H,1-2,9-10,12-15,17H2. The Labute approximate surface area is 160 Å². The van der Waals surface area contributed by atoms with Crippen molar-refractivity contribution in [2.75, 3.05) is 26.2 Å². The van der Waals surface area contributed by atoms with Crippen LogP contribution in [0.3, 0.4) is 0 Å². The zero-order valence-corrected chi connectivity index (χ0v) is 15.6. The molecule has 0 spiro atoms. The SMILES string of the molecule is O=C(N1CCN(Cc2cccnc2)CC1)C1(c2ccc(F)cc2)CCCC1. The molecule has 0 atom stereocenters. The first-order chi connectivity index (χ1) is 13.2. The third-order valence-corrected chi connectivity index (χ3v) is 6.05. The van der Waals surface area contributed by atoms with Crippen molar-refractivity contribution in [3.63, 3.8) is 0 Å². The third kappa shape index (κ3) is 3.74. The summed E-state index contributed by atoms with van der Waals surface area (Å²) in [6.07, 6.45) is 7.55. The van der Waals surface area contributed by atoms with Crippen molar-refractivity contribution in [3.05, 3.63) is 65.7 Å². The van der Waals surface area contributed by atoms with E-state index >= 15 is 0 Å². The van der Waals surface area contributed by atoms with Gasteiger partial charge in [0.15, 0.2) is 0 Å². The molecule has 0 unspecified atom stereocenters. The maximum Gasteiger partial charge on any atom is 0.233 e. The van der Waals surface area contributed by atoms with Gasteiger partial charge >= 0.3 is 0 Å². The van der Waals surface area contributed by atoms with Crippen LogP contribution >= 0.6 is 0 Å². The van der Waals surface area contributed by atoms with E-state index in [0.717, 1.165) is 64.0 Å². The van der Waals surface area contributed by atoms with Crippen LogP contribution in [0.1, 0.15) is 36.8 Å². The second kappa shape index (κ2) is 7.77. The van der Waals surface area contributed by atoms with Crippen molar-refractivity contribution in [2.24, 2.45) is 0 Å². The predicted molar refractivity (Wildman–Crippen MR) is 103 cm³/mol. The molecule has 4 nitrogen and oxygen atoms in total. The van der Waals surface area contributed by atoms with Crippen LogP contribution in [0.2, 0.25) is 0 Å². The molecule has 142 valence electrons. The highest BCUT2D eigenvalue weighted by Gasteiger charge is 2.45. The van der Waals surface area contributed by atoms with Crippen molar-refractivity contribution in [3.8, 4) is 0 Å². The van der Waals surface area contributed by atoms with Crippen LogP contribution in [-0.2, 0) is 16.8 Å². The molecular formula is C22H26FN3O. The van der Waals surface area contributed by atoms with Gasteiger partial charge < -0.3 is 4.90 Å². The first-order valence-corrected chi connectivity index (χ1v) is 9.84. The topological polar surface area (TPSA) is 36.4 Å². The van der Waals surface area contributed by atoms with Crippen molar-refractivity contribution in [2.45, 2.75) is 37.6 Å². The minimum absolute atomic E-state index is 0.229. The lowest BCUT2D eigenvalue weighted by Gasteiger charge is -2.40. The Kier molecular flexibility index (Phi) is 5.21. The lowest BCUT2D eigenvalue weighted by Crippen LogP contribution is -2.53. The molecule has 1 aromatic carbocycles. The molecule has 2 aromatic rings. The Balaban J connectivity index is 1.43. The van der Waals surface area contributed by atoms with Crippen LogP contribution in [0.15, 0.2) is 48.8 Å². The summed E-state index contributed by atoms with van der Waals surface area (Å²) in [6.45, 7) is 4.13. The van der Waals surface area contributed by atoms with Gasteiger partial charge in [-0.25, -0.2) is 4.39 Å². The van der Waals surface area contributed by atoms with Crippen LogP contribution < -0.4 is 0 Å². The maximum atomic E-state index is 13.5. The molecule has 1 saturated heterocycles. The fourth-order valence-corrected chi connectivity index (χ4v) is 4.54. The summed E-state index contributed by atoms with van der Waals surface area (Å²) < 4.78 is 13.4. The summed E-state index contributed by atoms with van der Waals surface area (Å²) in [5.74, 6) is -0.0176. The fourth-order valence-electron chi connectivity index (χ4n) is 4.54. The Hall–Kier alpha value is -2.27. The van der Waals surface area contributed by atoms with Gasteiger partial charge in [-0.05, 0) is 42.2 Å². The molecule has 0 N–H and O–H groups in total. The number of hydrogen-bond donors (Lipinski definition) is 0. The monoisotopic (exact) mass is 367 g/mol. The average Bonchev–Trinajstić information content (AvgIpc) is 3.20. The van der Waals surface area contributed by atoms with Crippen LogP contribution in [-0.4, -0.2) is 46.9 Å². The number of rotatable bonds is 4. The first kappa shape index (κ1) is 18.1. The fraction of sp³-hybridized carbons (Fsp3) is 0.455. The summed E-state index contributed by atoms with van der Waals surface area (Å²) in [4.78, 5) is 22.1. The zero-order chi connectivity index (χ0) is 18.7. The summed E-state index contributed by atoms with van der Waals surface area (Å²) in [5, 5.41) is 0. The molecule has 1 aromatic heterocycles. The van der Waals surface area contributed by atoms with E-state index in [-0.39, 0.29) is 11.7 Å². The lowest BCUT2D eigenvalue weighted by molar-refractivity contribution is -0.139. The van der Waals surface area contributed by atoms with Gasteiger partial charge in [-0.3, -0.25) is 14.7 Å². The molecule has 1 aliphatic carbocycles. The van der Waals surface area contributed by atoms with E-state index in [1.807, 2.05) is 17.2 Å². The summed E-state index contributed by atoms with van der Waals surface area (Å²) in [5.41, 5.74) is 1.72. The van der Waals surface area contributed by atoms with Gasteiger partial charge in [0.25, 0.3) is 0 Å². The Morgan fingerprint density at radius 3 is 2.37 bits per heavy atom. The molecule has 0 radical (unpaired) electrons. The van der Waals surface area contributed by atoms with Crippen molar-refractivity contribution in [1.82, 2.24) is 14.8 Å². The van der Waals surface area contributed by atoms with Gasteiger partial charge in [-0.2, -0.15) is 0 Å². The van der Waals surface area contributed by atoms with Gasteiger partial charge in [0.1, 0.15) is 5.82 Å². The second-order valence-electron chi connectivity index (χ2n) is 7.73. The summed E-state index contributed by atoms with van der Waals surface area (Å²) in [7, 11) is 0. The molecule has 2 fully saturated rings. The minimum atomic E-state index is -0.459. The summed E-state index contributed by atoms with van der Waals surface area (Å²) in [6, 6.07) is 10.6. The highest BCUT2D eigenvalue weighted by atomic mass is 19.1. The number of piperazine rings is 1. The van der Waals surface area contributed by atoms with E-state index in [9.17, 15) is 9.18 Å². The zero-order valence-electron chi connectivity index (χ0n) is 15.6. The number of nitrogens with zero attached hydrogens (tertiary/aromatic N) is 3. The molecule has 4 rings (SSSR count). The van der Waals surface area contributed by atoms with Crippen LogP contribution in [0.5, 0.6) is 0 Å². The molecular weight excluding hydrogens is 341 g/mol. The number of pyridine rings is 1. The smallest absolute Gasteiger partial charge is 0.233 e. The molecule has 1 aliphatic heterocycles.